The molecule has 7 saturated carbocycles. The average Bonchev–Trinajstić information content (AvgIpc) is 3.69. The van der Waals surface area contributed by atoms with Crippen molar-refractivity contribution in [1.29, 1.82) is 0 Å². The van der Waals surface area contributed by atoms with Crippen LogP contribution in [-0.4, -0.2) is 47.4 Å². The molecular weight excluding hydrogens is 550 g/mol. The predicted molar refractivity (Wildman–Crippen MR) is 183 cm³/mol. The van der Waals surface area contributed by atoms with E-state index in [1.807, 2.05) is 0 Å². The SMILES string of the molecule is C1CCC(C2CCC(N(C3CCCCC3C3CCCCC3)C3CCCC4C5CCC6OC7CCCCC7C6C5OC43)CC2)CC1. The van der Waals surface area contributed by atoms with Crippen LogP contribution in [0.1, 0.15) is 173 Å². The molecular formula is C42H69NO2. The molecule has 0 N–H and O–H groups in total. The van der Waals surface area contributed by atoms with Gasteiger partial charge in [-0.3, -0.25) is 4.90 Å². The van der Waals surface area contributed by atoms with Gasteiger partial charge in [-0.1, -0.05) is 96.3 Å². The van der Waals surface area contributed by atoms with E-state index in [1.54, 1.807) is 12.8 Å². The minimum atomic E-state index is 0.511. The van der Waals surface area contributed by atoms with Crippen molar-refractivity contribution in [3.05, 3.63) is 0 Å². The second kappa shape index (κ2) is 13.7. The molecule has 0 aromatic rings. The lowest BCUT2D eigenvalue weighted by Gasteiger charge is -2.54. The van der Waals surface area contributed by atoms with E-state index in [4.69, 9.17) is 9.47 Å². The summed E-state index contributed by atoms with van der Waals surface area (Å²) in [7, 11) is 0. The largest absolute Gasteiger partial charge is 0.374 e. The van der Waals surface area contributed by atoms with Crippen molar-refractivity contribution in [1.82, 2.24) is 4.90 Å². The molecule has 2 saturated heterocycles. The van der Waals surface area contributed by atoms with Gasteiger partial charge in [-0.2, -0.15) is 0 Å². The topological polar surface area (TPSA) is 21.7 Å². The molecule has 3 nitrogen and oxygen atoms in total. The van der Waals surface area contributed by atoms with Crippen LogP contribution >= 0.6 is 0 Å². The van der Waals surface area contributed by atoms with E-state index in [-0.39, 0.29) is 0 Å². The Bertz CT molecular complexity index is 964. The van der Waals surface area contributed by atoms with Crippen LogP contribution < -0.4 is 0 Å². The third-order valence-corrected chi connectivity index (χ3v) is 16.6. The van der Waals surface area contributed by atoms with Crippen LogP contribution in [0.25, 0.3) is 0 Å². The van der Waals surface area contributed by atoms with E-state index in [2.05, 4.69) is 4.90 Å². The van der Waals surface area contributed by atoms with Crippen LogP contribution in [-0.2, 0) is 9.47 Å². The summed E-state index contributed by atoms with van der Waals surface area (Å²) in [6, 6.07) is 2.38. The molecule has 2 heterocycles. The third-order valence-electron chi connectivity index (χ3n) is 16.6. The fourth-order valence-electron chi connectivity index (χ4n) is 14.7. The molecule has 0 aromatic heterocycles. The van der Waals surface area contributed by atoms with Gasteiger partial charge in [-0.15, -0.1) is 0 Å². The zero-order valence-corrected chi connectivity index (χ0v) is 29.0. The number of fused-ring (bicyclic) bond motifs is 7. The zero-order valence-electron chi connectivity index (χ0n) is 29.0. The van der Waals surface area contributed by atoms with Crippen LogP contribution in [0.5, 0.6) is 0 Å². The maximum absolute atomic E-state index is 7.68. The maximum atomic E-state index is 7.68. The van der Waals surface area contributed by atoms with Gasteiger partial charge < -0.3 is 9.47 Å². The van der Waals surface area contributed by atoms with Gasteiger partial charge in [0.15, 0.2) is 0 Å². The summed E-state index contributed by atoms with van der Waals surface area (Å²) in [6.45, 7) is 0. The number of hydrogen-bond donors (Lipinski definition) is 0. The van der Waals surface area contributed by atoms with Gasteiger partial charge in [-0.05, 0) is 118 Å². The maximum Gasteiger partial charge on any atom is 0.0766 e. The highest BCUT2D eigenvalue weighted by molar-refractivity contribution is 5.10. The van der Waals surface area contributed by atoms with Gasteiger partial charge in [0.1, 0.15) is 0 Å². The quantitative estimate of drug-likeness (QED) is 0.306. The smallest absolute Gasteiger partial charge is 0.0766 e. The Labute approximate surface area is 277 Å². The Balaban J connectivity index is 0.994. The Morgan fingerprint density at radius 3 is 1.73 bits per heavy atom. The molecule has 0 bridgehead atoms. The zero-order chi connectivity index (χ0) is 29.7. The Kier molecular flexibility index (Phi) is 9.37. The lowest BCUT2D eigenvalue weighted by Crippen LogP contribution is -2.60. The third kappa shape index (κ3) is 5.83. The molecule has 0 radical (unpaired) electrons. The summed E-state index contributed by atoms with van der Waals surface area (Å²) in [5.41, 5.74) is 0. The van der Waals surface area contributed by atoms with E-state index in [9.17, 15) is 0 Å². The summed E-state index contributed by atoms with van der Waals surface area (Å²) in [6.07, 6.45) is 42.0. The second-order valence-corrected chi connectivity index (χ2v) is 18.5. The highest BCUT2D eigenvalue weighted by Crippen LogP contribution is 2.58. The molecule has 0 amide bonds. The van der Waals surface area contributed by atoms with Crippen molar-refractivity contribution in [3.63, 3.8) is 0 Å². The molecule has 9 aliphatic rings. The summed E-state index contributed by atoms with van der Waals surface area (Å²) < 4.78 is 14.5. The van der Waals surface area contributed by atoms with Gasteiger partial charge in [0.25, 0.3) is 0 Å². The van der Waals surface area contributed by atoms with E-state index in [0.29, 0.717) is 36.4 Å². The average molecular weight is 620 g/mol. The Hall–Kier alpha value is -0.120. The number of nitrogens with zero attached hydrogens (tertiary/aromatic N) is 1. The molecule has 11 unspecified atom stereocenters. The fourth-order valence-corrected chi connectivity index (χ4v) is 14.7. The van der Waals surface area contributed by atoms with Crippen LogP contribution in [0, 0.1) is 47.3 Å². The molecule has 45 heavy (non-hydrogen) atoms. The second-order valence-electron chi connectivity index (χ2n) is 18.5. The van der Waals surface area contributed by atoms with E-state index >= 15 is 0 Å². The summed E-state index contributed by atoms with van der Waals surface area (Å²) in [5.74, 6) is 7.24. The van der Waals surface area contributed by atoms with Crippen LogP contribution in [0.4, 0.5) is 0 Å². The minimum Gasteiger partial charge on any atom is -0.374 e. The first-order chi connectivity index (χ1) is 22.3. The molecule has 9 rings (SSSR count). The lowest BCUT2D eigenvalue weighted by molar-refractivity contribution is -0.112. The standard InChI is InChI=1S/C42H69NO2/c1-3-12-28(13-4-1)29-22-24-31(25-23-29)43(36-19-9-7-16-32(36)30-14-5-2-6-15-30)37-20-11-18-33-34-26-27-39-40(42(34)45-41(33)37)35-17-8-10-21-38(35)44-39/h28-42H,1-27H2. The number of ether oxygens (including phenoxy) is 2. The molecule has 11 atom stereocenters. The van der Waals surface area contributed by atoms with E-state index < -0.39 is 0 Å². The predicted octanol–water partition coefficient (Wildman–Crippen LogP) is 10.5. The minimum absolute atomic E-state index is 0.511. The van der Waals surface area contributed by atoms with Crippen LogP contribution in [0.15, 0.2) is 0 Å². The van der Waals surface area contributed by atoms with Crippen molar-refractivity contribution in [2.45, 2.75) is 216 Å². The summed E-state index contributed by atoms with van der Waals surface area (Å²) >= 11 is 0. The highest BCUT2D eigenvalue weighted by atomic mass is 16.5. The van der Waals surface area contributed by atoms with Crippen molar-refractivity contribution < 1.29 is 9.47 Å². The fraction of sp³-hybridized carbons (Fsp3) is 1.00. The van der Waals surface area contributed by atoms with E-state index in [1.165, 1.54) is 161 Å². The first-order valence-corrected chi connectivity index (χ1v) is 21.4. The van der Waals surface area contributed by atoms with Gasteiger partial charge >= 0.3 is 0 Å². The highest BCUT2D eigenvalue weighted by Gasteiger charge is 2.61. The number of hydrogen-bond acceptors (Lipinski definition) is 3. The van der Waals surface area contributed by atoms with Crippen molar-refractivity contribution >= 4 is 0 Å². The summed E-state index contributed by atoms with van der Waals surface area (Å²) in [4.78, 5) is 3.36. The van der Waals surface area contributed by atoms with Crippen molar-refractivity contribution in [2.75, 3.05) is 0 Å². The first kappa shape index (κ1) is 30.9. The van der Waals surface area contributed by atoms with E-state index in [0.717, 1.165) is 53.5 Å². The van der Waals surface area contributed by atoms with Gasteiger partial charge in [-0.25, -0.2) is 0 Å². The number of rotatable bonds is 5. The molecule has 0 aromatic carbocycles. The normalized spacial score (nSPS) is 49.7. The van der Waals surface area contributed by atoms with Gasteiger partial charge in [0, 0.05) is 24.0 Å². The molecule has 0 spiro atoms. The first-order valence-electron chi connectivity index (χ1n) is 21.4. The van der Waals surface area contributed by atoms with Crippen molar-refractivity contribution in [3.8, 4) is 0 Å². The van der Waals surface area contributed by atoms with Gasteiger partial charge in [0.05, 0.1) is 24.4 Å². The van der Waals surface area contributed by atoms with Crippen molar-refractivity contribution in [2.24, 2.45) is 47.3 Å². The molecule has 2 aliphatic heterocycles. The molecule has 3 heteroatoms. The van der Waals surface area contributed by atoms with Gasteiger partial charge in [0.2, 0.25) is 0 Å². The molecule has 254 valence electrons. The molecule has 7 aliphatic carbocycles. The lowest BCUT2D eigenvalue weighted by atomic mass is 9.64. The molecule has 9 fully saturated rings. The summed E-state index contributed by atoms with van der Waals surface area (Å²) in [5, 5.41) is 0. The monoisotopic (exact) mass is 620 g/mol. The van der Waals surface area contributed by atoms with Crippen LogP contribution in [0.3, 0.4) is 0 Å². The Morgan fingerprint density at radius 1 is 0.333 bits per heavy atom. The Morgan fingerprint density at radius 2 is 0.933 bits per heavy atom. The van der Waals surface area contributed by atoms with Crippen LogP contribution in [0.2, 0.25) is 0 Å².